The van der Waals surface area contributed by atoms with Crippen LogP contribution in [-0.2, 0) is 5.41 Å². The van der Waals surface area contributed by atoms with Crippen LogP contribution in [0.4, 0.5) is 22.7 Å². The number of para-hydroxylation sites is 2. The number of benzene rings is 6. The van der Waals surface area contributed by atoms with Crippen LogP contribution in [0.15, 0.2) is 133 Å². The Kier molecular flexibility index (Phi) is 6.89. The summed E-state index contributed by atoms with van der Waals surface area (Å²) in [5, 5.41) is 2.52. The van der Waals surface area contributed by atoms with Crippen LogP contribution in [0.5, 0.6) is 0 Å². The van der Waals surface area contributed by atoms with E-state index >= 15 is 0 Å². The van der Waals surface area contributed by atoms with E-state index in [0.717, 1.165) is 0 Å². The Morgan fingerprint density at radius 3 is 1.76 bits per heavy atom. The second kappa shape index (κ2) is 11.2. The molecule has 9 rings (SSSR count). The van der Waals surface area contributed by atoms with Crippen LogP contribution in [-0.4, -0.2) is 11.1 Å². The molecule has 0 radical (unpaired) electrons. The molecule has 0 bridgehead atoms. The number of anilines is 4. The lowest BCUT2D eigenvalue weighted by molar-refractivity contribution is 0.622. The molecule has 0 unspecified atom stereocenters. The Hall–Kier alpha value is -5.60. The molecule has 0 saturated heterocycles. The van der Waals surface area contributed by atoms with Gasteiger partial charge in [-0.15, -0.1) is 0 Å². The van der Waals surface area contributed by atoms with Crippen molar-refractivity contribution in [2.75, 3.05) is 9.80 Å². The van der Waals surface area contributed by atoms with Crippen molar-refractivity contribution >= 4 is 57.8 Å². The third-order valence-corrected chi connectivity index (χ3v) is 11.4. The molecule has 0 aromatic heterocycles. The molecular formula is C49H44N2. The Bertz CT molecular complexity index is 2470. The summed E-state index contributed by atoms with van der Waals surface area (Å²) in [6, 6.07) is 45.0. The van der Waals surface area contributed by atoms with Crippen molar-refractivity contribution < 1.29 is 0 Å². The van der Waals surface area contributed by atoms with Crippen molar-refractivity contribution in [3.8, 4) is 11.1 Å². The number of fused-ring (bicyclic) bond motifs is 6. The molecule has 250 valence electrons. The van der Waals surface area contributed by atoms with Crippen LogP contribution in [0.1, 0.15) is 74.9 Å². The van der Waals surface area contributed by atoms with Gasteiger partial charge in [-0.05, 0) is 108 Å². The Morgan fingerprint density at radius 2 is 1.04 bits per heavy atom. The molecule has 6 aromatic rings. The quantitative estimate of drug-likeness (QED) is 0.174. The zero-order valence-corrected chi connectivity index (χ0v) is 30.4. The SMILES string of the molecule is CC1(C)c2cc(C=Cc3cccc4c(N5c6ccccc6C=CC5(C)C)cccc34)ccc2-c2ccc(N3c4ccccc4C=CC3(C)C)cc21. The standard InChI is InChI=1S/C49H44N2/c1-47(2)29-27-35-13-7-9-18-44(35)50(47)37-24-26-40-39-25-22-33(31-42(39)49(5,6)43(40)32-37)21-23-34-15-11-17-41-38(34)16-12-20-46(41)51-45-19-10-8-14-36(45)28-30-48(51,3)4/h7-32H,1-6H3. The minimum absolute atomic E-state index is 0.125. The summed E-state index contributed by atoms with van der Waals surface area (Å²) in [5.74, 6) is 0. The zero-order chi connectivity index (χ0) is 35.1. The third kappa shape index (κ3) is 4.92. The summed E-state index contributed by atoms with van der Waals surface area (Å²) < 4.78 is 0. The molecule has 2 heteroatoms. The minimum Gasteiger partial charge on any atom is -0.332 e. The first-order valence-electron chi connectivity index (χ1n) is 18.2. The highest BCUT2D eigenvalue weighted by molar-refractivity contribution is 6.03. The average Bonchev–Trinajstić information content (AvgIpc) is 3.35. The molecule has 0 saturated carbocycles. The number of hydrogen-bond donors (Lipinski definition) is 0. The third-order valence-electron chi connectivity index (χ3n) is 11.4. The fourth-order valence-corrected chi connectivity index (χ4v) is 8.76. The summed E-state index contributed by atoms with van der Waals surface area (Å²) in [5.41, 5.74) is 14.9. The summed E-state index contributed by atoms with van der Waals surface area (Å²) in [6.45, 7) is 13.9. The molecule has 0 fully saturated rings. The lowest BCUT2D eigenvalue weighted by atomic mass is 9.81. The Morgan fingerprint density at radius 1 is 0.471 bits per heavy atom. The molecule has 3 aliphatic rings. The molecule has 2 heterocycles. The molecule has 0 spiro atoms. The summed E-state index contributed by atoms with van der Waals surface area (Å²) >= 11 is 0. The van der Waals surface area contributed by atoms with Gasteiger partial charge in [-0.1, -0.05) is 141 Å². The van der Waals surface area contributed by atoms with Gasteiger partial charge < -0.3 is 9.80 Å². The van der Waals surface area contributed by atoms with E-state index < -0.39 is 0 Å². The molecule has 0 N–H and O–H groups in total. The van der Waals surface area contributed by atoms with Gasteiger partial charge in [-0.25, -0.2) is 0 Å². The normalized spacial score (nSPS) is 17.4. The van der Waals surface area contributed by atoms with Crippen LogP contribution in [0.3, 0.4) is 0 Å². The van der Waals surface area contributed by atoms with Gasteiger partial charge in [0.2, 0.25) is 0 Å². The molecule has 2 nitrogen and oxygen atoms in total. The first kappa shape index (κ1) is 31.4. The highest BCUT2D eigenvalue weighted by atomic mass is 15.2. The second-order valence-corrected chi connectivity index (χ2v) is 16.0. The van der Waals surface area contributed by atoms with E-state index in [-0.39, 0.29) is 16.5 Å². The smallest absolute Gasteiger partial charge is 0.0581 e. The molecule has 1 aliphatic carbocycles. The van der Waals surface area contributed by atoms with Gasteiger partial charge in [-0.2, -0.15) is 0 Å². The van der Waals surface area contributed by atoms with E-state index in [1.807, 2.05) is 0 Å². The maximum Gasteiger partial charge on any atom is 0.0581 e. The topological polar surface area (TPSA) is 6.48 Å². The fraction of sp³-hybridized carbons (Fsp3) is 0.184. The summed E-state index contributed by atoms with van der Waals surface area (Å²) in [4.78, 5) is 4.98. The zero-order valence-electron chi connectivity index (χ0n) is 30.4. The minimum atomic E-state index is -0.157. The fourth-order valence-electron chi connectivity index (χ4n) is 8.76. The summed E-state index contributed by atoms with van der Waals surface area (Å²) in [7, 11) is 0. The average molecular weight is 661 g/mol. The first-order chi connectivity index (χ1) is 24.5. The maximum atomic E-state index is 2.49. The Labute approximate surface area is 302 Å². The summed E-state index contributed by atoms with van der Waals surface area (Å²) in [6.07, 6.45) is 13.7. The van der Waals surface area contributed by atoms with Gasteiger partial charge in [0.1, 0.15) is 0 Å². The molecule has 2 aliphatic heterocycles. The highest BCUT2D eigenvalue weighted by Crippen LogP contribution is 2.52. The number of rotatable bonds is 4. The van der Waals surface area contributed by atoms with Crippen LogP contribution in [0, 0.1) is 0 Å². The van der Waals surface area contributed by atoms with Crippen molar-refractivity contribution in [2.45, 2.75) is 58.0 Å². The molecule has 6 aromatic carbocycles. The van der Waals surface area contributed by atoms with Gasteiger partial charge >= 0.3 is 0 Å². The van der Waals surface area contributed by atoms with E-state index in [4.69, 9.17) is 0 Å². The Balaban J connectivity index is 1.06. The number of hydrogen-bond acceptors (Lipinski definition) is 2. The van der Waals surface area contributed by atoms with Crippen LogP contribution in [0.2, 0.25) is 0 Å². The predicted molar refractivity (Wildman–Crippen MR) is 220 cm³/mol. The van der Waals surface area contributed by atoms with Gasteiger partial charge in [0.15, 0.2) is 0 Å². The second-order valence-electron chi connectivity index (χ2n) is 16.0. The lowest BCUT2D eigenvalue weighted by Crippen LogP contribution is -2.40. The van der Waals surface area contributed by atoms with Gasteiger partial charge in [0, 0.05) is 33.6 Å². The van der Waals surface area contributed by atoms with Crippen molar-refractivity contribution in [3.63, 3.8) is 0 Å². The van der Waals surface area contributed by atoms with E-state index in [9.17, 15) is 0 Å². The van der Waals surface area contributed by atoms with E-state index in [0.29, 0.717) is 0 Å². The van der Waals surface area contributed by atoms with Crippen molar-refractivity contribution in [2.24, 2.45) is 0 Å². The van der Waals surface area contributed by atoms with Crippen molar-refractivity contribution in [1.82, 2.24) is 0 Å². The van der Waals surface area contributed by atoms with Gasteiger partial charge in [0.05, 0.1) is 11.1 Å². The monoisotopic (exact) mass is 660 g/mol. The van der Waals surface area contributed by atoms with Crippen molar-refractivity contribution in [3.05, 3.63) is 167 Å². The molecular weight excluding hydrogens is 617 g/mol. The lowest BCUT2D eigenvalue weighted by Gasteiger charge is -2.42. The first-order valence-corrected chi connectivity index (χ1v) is 18.2. The van der Waals surface area contributed by atoms with Crippen LogP contribution >= 0.6 is 0 Å². The predicted octanol–water partition coefficient (Wildman–Crippen LogP) is 13.2. The van der Waals surface area contributed by atoms with E-state index in [2.05, 4.69) is 209 Å². The van der Waals surface area contributed by atoms with Crippen LogP contribution in [0.25, 0.3) is 46.2 Å². The van der Waals surface area contributed by atoms with E-state index in [1.54, 1.807) is 0 Å². The van der Waals surface area contributed by atoms with Gasteiger partial charge in [0.25, 0.3) is 0 Å². The van der Waals surface area contributed by atoms with E-state index in [1.165, 1.54) is 78.0 Å². The molecule has 0 amide bonds. The number of nitrogens with zero attached hydrogens (tertiary/aromatic N) is 2. The highest BCUT2D eigenvalue weighted by Gasteiger charge is 2.38. The maximum absolute atomic E-state index is 2.49. The van der Waals surface area contributed by atoms with Gasteiger partial charge in [-0.3, -0.25) is 0 Å². The largest absolute Gasteiger partial charge is 0.332 e. The van der Waals surface area contributed by atoms with Crippen LogP contribution < -0.4 is 9.80 Å². The molecule has 0 atom stereocenters. The molecule has 51 heavy (non-hydrogen) atoms. The van der Waals surface area contributed by atoms with Crippen molar-refractivity contribution in [1.29, 1.82) is 0 Å².